The molecule has 1 aliphatic carbocycles. The number of carbonyl (C=O) groups excluding carboxylic acids is 1. The molecule has 6 rings (SSSR count). The number of amides is 1. The lowest BCUT2D eigenvalue weighted by Crippen LogP contribution is -2.47. The lowest BCUT2D eigenvalue weighted by molar-refractivity contribution is -0.132. The SMILES string of the molecule is CCCc1cc(Cl)ccc1C1COc2ccc3cc2N(C1)CC1CCC1C1CC(CCO1)CCN(C)C(=O)CC3O.O=CO. The highest BCUT2D eigenvalue weighted by Gasteiger charge is 2.42. The summed E-state index contributed by atoms with van der Waals surface area (Å²) in [6, 6.07) is 12.3. The number of nitrogens with zero attached hydrogens (tertiary/aromatic N) is 2. The van der Waals surface area contributed by atoms with E-state index in [0.29, 0.717) is 30.5 Å². The minimum Gasteiger partial charge on any atom is -0.491 e. The molecule has 3 heterocycles. The monoisotopic (exact) mass is 626 g/mol. The summed E-state index contributed by atoms with van der Waals surface area (Å²) >= 11 is 6.42. The molecule has 240 valence electrons. The quantitative estimate of drug-likeness (QED) is 0.398. The van der Waals surface area contributed by atoms with E-state index in [1.54, 1.807) is 4.90 Å². The fourth-order valence-electron chi connectivity index (χ4n) is 7.53. The molecule has 4 bridgehead atoms. The van der Waals surface area contributed by atoms with Gasteiger partial charge in [-0.3, -0.25) is 9.59 Å². The maximum Gasteiger partial charge on any atom is 0.290 e. The van der Waals surface area contributed by atoms with E-state index >= 15 is 0 Å². The Morgan fingerprint density at radius 3 is 2.66 bits per heavy atom. The number of carbonyl (C=O) groups is 2. The average molecular weight is 627 g/mol. The summed E-state index contributed by atoms with van der Waals surface area (Å²) < 4.78 is 12.9. The van der Waals surface area contributed by atoms with Gasteiger partial charge >= 0.3 is 0 Å². The Kier molecular flexibility index (Phi) is 11.1. The van der Waals surface area contributed by atoms with Crippen molar-refractivity contribution in [1.82, 2.24) is 4.90 Å². The van der Waals surface area contributed by atoms with E-state index in [1.807, 2.05) is 25.2 Å². The fourth-order valence-corrected chi connectivity index (χ4v) is 7.73. The predicted octanol–water partition coefficient (Wildman–Crippen LogP) is 6.08. The molecule has 6 unspecified atom stereocenters. The second-order valence-corrected chi connectivity index (χ2v) is 13.4. The Hall–Kier alpha value is -2.81. The molecule has 2 fully saturated rings. The smallest absolute Gasteiger partial charge is 0.290 e. The number of rotatable bonds is 3. The van der Waals surface area contributed by atoms with Gasteiger partial charge in [-0.1, -0.05) is 37.1 Å². The summed E-state index contributed by atoms with van der Waals surface area (Å²) in [4.78, 5) is 25.7. The van der Waals surface area contributed by atoms with Gasteiger partial charge in [0, 0.05) is 44.2 Å². The van der Waals surface area contributed by atoms with Gasteiger partial charge in [0.1, 0.15) is 5.75 Å². The van der Waals surface area contributed by atoms with Crippen LogP contribution in [0.1, 0.15) is 80.6 Å². The van der Waals surface area contributed by atoms with Crippen LogP contribution in [0.5, 0.6) is 5.75 Å². The molecule has 0 aromatic heterocycles. The number of carboxylic acid groups (broad SMARTS) is 1. The molecule has 2 aromatic rings. The molecule has 2 aromatic carbocycles. The zero-order valence-electron chi connectivity index (χ0n) is 26.0. The molecule has 8 nitrogen and oxygen atoms in total. The van der Waals surface area contributed by atoms with E-state index < -0.39 is 6.10 Å². The van der Waals surface area contributed by atoms with Gasteiger partial charge in [-0.15, -0.1) is 0 Å². The number of aliphatic hydroxyl groups is 1. The minimum atomic E-state index is -0.847. The van der Waals surface area contributed by atoms with Gasteiger partial charge < -0.3 is 29.5 Å². The first-order valence-electron chi connectivity index (χ1n) is 16.2. The van der Waals surface area contributed by atoms with Crippen molar-refractivity contribution in [2.75, 3.05) is 44.8 Å². The second kappa shape index (κ2) is 15.0. The van der Waals surface area contributed by atoms with E-state index in [0.717, 1.165) is 80.4 Å². The van der Waals surface area contributed by atoms with Crippen molar-refractivity contribution in [2.24, 2.45) is 17.8 Å². The fraction of sp³-hybridized carbons (Fsp3) is 0.600. The molecule has 9 heteroatoms. The van der Waals surface area contributed by atoms with Crippen molar-refractivity contribution >= 4 is 29.7 Å². The van der Waals surface area contributed by atoms with E-state index in [1.165, 1.54) is 24.0 Å². The Morgan fingerprint density at radius 2 is 1.91 bits per heavy atom. The molecule has 6 atom stereocenters. The normalized spacial score (nSPS) is 28.8. The maximum absolute atomic E-state index is 13.0. The number of halogens is 1. The molecule has 0 spiro atoms. The molecule has 44 heavy (non-hydrogen) atoms. The highest BCUT2D eigenvalue weighted by Crippen LogP contribution is 2.45. The number of hydrogen-bond donors (Lipinski definition) is 2. The second-order valence-electron chi connectivity index (χ2n) is 13.0. The number of hydrogen-bond acceptors (Lipinski definition) is 6. The van der Waals surface area contributed by atoms with Crippen LogP contribution >= 0.6 is 11.6 Å². The van der Waals surface area contributed by atoms with Crippen molar-refractivity contribution in [3.05, 3.63) is 58.1 Å². The first kappa shape index (κ1) is 32.6. The van der Waals surface area contributed by atoms with Gasteiger partial charge in [0.15, 0.2) is 0 Å². The van der Waals surface area contributed by atoms with Crippen LogP contribution < -0.4 is 9.64 Å². The molecule has 1 saturated heterocycles. The maximum atomic E-state index is 13.0. The molecule has 4 aliphatic rings. The van der Waals surface area contributed by atoms with Crippen LogP contribution in [0.4, 0.5) is 5.69 Å². The molecule has 1 amide bonds. The molecular formula is C35H47ClN2O6. The standard InChI is InChI=1S/C34H45ClN2O4.CH2O2/c1-3-4-23-16-27(35)7-9-28(23)26-20-37-19-25-5-8-29(25)33-15-22(12-14-40-33)11-13-36(2)34(39)18-31(38)24-6-10-32(41-21-26)30(37)17-24;2-1-3/h6-7,9-10,16-17,22,25-26,29,31,33,38H,3-5,8,11-15,18-21H2,1-2H3;1H,(H,2,3). The Bertz CT molecular complexity index is 1290. The summed E-state index contributed by atoms with van der Waals surface area (Å²) in [5.41, 5.74) is 4.41. The first-order chi connectivity index (χ1) is 21.3. The minimum absolute atomic E-state index is 0.0124. The molecule has 3 aliphatic heterocycles. The highest BCUT2D eigenvalue weighted by molar-refractivity contribution is 6.30. The van der Waals surface area contributed by atoms with E-state index in [2.05, 4.69) is 30.0 Å². The van der Waals surface area contributed by atoms with Crippen molar-refractivity contribution in [1.29, 1.82) is 0 Å². The summed E-state index contributed by atoms with van der Waals surface area (Å²) in [5, 5.41) is 18.8. The largest absolute Gasteiger partial charge is 0.491 e. The number of aliphatic hydroxyl groups excluding tert-OH is 1. The van der Waals surface area contributed by atoms with Gasteiger partial charge in [0.2, 0.25) is 5.91 Å². The third-order valence-electron chi connectivity index (χ3n) is 10.2. The molecule has 0 radical (unpaired) electrons. The highest BCUT2D eigenvalue weighted by atomic mass is 35.5. The van der Waals surface area contributed by atoms with E-state index in [4.69, 9.17) is 31.0 Å². The third-order valence-corrected chi connectivity index (χ3v) is 10.4. The first-order valence-corrected chi connectivity index (χ1v) is 16.6. The number of aryl methyl sites for hydroxylation is 1. The van der Waals surface area contributed by atoms with Crippen molar-refractivity contribution in [3.63, 3.8) is 0 Å². The topological polar surface area (TPSA) is 99.5 Å². The summed E-state index contributed by atoms with van der Waals surface area (Å²) in [7, 11) is 1.87. The zero-order chi connectivity index (χ0) is 31.2. The number of benzene rings is 2. The molecular weight excluding hydrogens is 580 g/mol. The molecule has 2 N–H and O–H groups in total. The Labute approximate surface area is 266 Å². The summed E-state index contributed by atoms with van der Waals surface area (Å²) in [5.74, 6) is 2.75. The summed E-state index contributed by atoms with van der Waals surface area (Å²) in [6.07, 6.45) is 7.19. The predicted molar refractivity (Wildman–Crippen MR) is 172 cm³/mol. The van der Waals surface area contributed by atoms with Crippen LogP contribution in [0.2, 0.25) is 5.02 Å². The van der Waals surface area contributed by atoms with Gasteiger partial charge in [0.05, 0.1) is 30.9 Å². The van der Waals surface area contributed by atoms with Crippen LogP contribution in [-0.4, -0.2) is 73.5 Å². The van der Waals surface area contributed by atoms with Gasteiger partial charge in [0.25, 0.3) is 6.47 Å². The van der Waals surface area contributed by atoms with E-state index in [-0.39, 0.29) is 24.7 Å². The zero-order valence-corrected chi connectivity index (χ0v) is 26.8. The lowest BCUT2D eigenvalue weighted by Gasteiger charge is -2.47. The van der Waals surface area contributed by atoms with Crippen LogP contribution in [0.15, 0.2) is 36.4 Å². The Balaban J connectivity index is 0.00000123. The van der Waals surface area contributed by atoms with Gasteiger partial charge in [-0.05, 0) is 97.2 Å². The van der Waals surface area contributed by atoms with Crippen LogP contribution in [0.3, 0.4) is 0 Å². The third kappa shape index (κ3) is 7.52. The lowest BCUT2D eigenvalue weighted by atomic mass is 9.67. The van der Waals surface area contributed by atoms with Crippen LogP contribution in [-0.2, 0) is 20.7 Å². The Morgan fingerprint density at radius 1 is 1.09 bits per heavy atom. The number of anilines is 1. The van der Waals surface area contributed by atoms with Gasteiger partial charge in [-0.25, -0.2) is 0 Å². The van der Waals surface area contributed by atoms with E-state index in [9.17, 15) is 9.90 Å². The number of fused-ring (bicyclic) bond motifs is 5. The van der Waals surface area contributed by atoms with Crippen molar-refractivity contribution < 1.29 is 29.3 Å². The van der Waals surface area contributed by atoms with Gasteiger partial charge in [-0.2, -0.15) is 0 Å². The number of ether oxygens (including phenoxy) is 2. The van der Waals surface area contributed by atoms with Crippen LogP contribution in [0, 0.1) is 17.8 Å². The summed E-state index contributed by atoms with van der Waals surface area (Å²) in [6.45, 7) is 5.88. The molecule has 1 saturated carbocycles. The van der Waals surface area contributed by atoms with Crippen molar-refractivity contribution in [2.45, 2.75) is 76.4 Å². The van der Waals surface area contributed by atoms with Crippen molar-refractivity contribution in [3.8, 4) is 5.75 Å². The average Bonchev–Trinajstić information content (AvgIpc) is 3.17. The van der Waals surface area contributed by atoms with Crippen LogP contribution in [0.25, 0.3) is 0 Å².